The maximum absolute atomic E-state index is 2.39. The van der Waals surface area contributed by atoms with Crippen molar-refractivity contribution in [1.82, 2.24) is 0 Å². The van der Waals surface area contributed by atoms with E-state index in [-0.39, 0.29) is 0 Å². The van der Waals surface area contributed by atoms with E-state index in [1.54, 1.807) is 4.88 Å². The average molecular weight is 180 g/mol. The molecule has 0 amide bonds. The van der Waals surface area contributed by atoms with E-state index in [1.165, 1.54) is 25.7 Å². The Morgan fingerprint density at radius 3 is 2.75 bits per heavy atom. The van der Waals surface area contributed by atoms with Crippen molar-refractivity contribution < 1.29 is 0 Å². The highest BCUT2D eigenvalue weighted by Crippen LogP contribution is 2.38. The van der Waals surface area contributed by atoms with Gasteiger partial charge in [0, 0.05) is 4.88 Å². The van der Waals surface area contributed by atoms with Gasteiger partial charge < -0.3 is 0 Å². The predicted octanol–water partition coefficient (Wildman–Crippen LogP) is 4.04. The highest BCUT2D eigenvalue weighted by atomic mass is 32.1. The van der Waals surface area contributed by atoms with Gasteiger partial charge in [0.05, 0.1) is 0 Å². The number of thiophene rings is 1. The Morgan fingerprint density at radius 2 is 2.17 bits per heavy atom. The van der Waals surface area contributed by atoms with Crippen molar-refractivity contribution in [3.63, 3.8) is 0 Å². The van der Waals surface area contributed by atoms with Crippen LogP contribution in [0.1, 0.15) is 43.4 Å². The molecule has 0 aliphatic heterocycles. The topological polar surface area (TPSA) is 0 Å². The fourth-order valence-electron chi connectivity index (χ4n) is 2.24. The Bertz CT molecular complexity index is 219. The van der Waals surface area contributed by atoms with Crippen LogP contribution in [0.25, 0.3) is 0 Å². The third-order valence-electron chi connectivity index (χ3n) is 3.10. The highest BCUT2D eigenvalue weighted by molar-refractivity contribution is 7.10. The third-order valence-corrected chi connectivity index (χ3v) is 4.17. The van der Waals surface area contributed by atoms with Gasteiger partial charge in [-0.1, -0.05) is 25.8 Å². The van der Waals surface area contributed by atoms with Gasteiger partial charge >= 0.3 is 0 Å². The lowest BCUT2D eigenvalue weighted by Gasteiger charge is -2.16. The summed E-state index contributed by atoms with van der Waals surface area (Å²) >= 11 is 1.92. The minimum absolute atomic E-state index is 0.812. The second kappa shape index (κ2) is 3.61. The summed E-state index contributed by atoms with van der Waals surface area (Å²) in [6.07, 6.45) is 5.83. The SMILES string of the molecule is CC(c1cccs1)C1CCCC1. The van der Waals surface area contributed by atoms with Crippen LogP contribution in [0.4, 0.5) is 0 Å². The van der Waals surface area contributed by atoms with Crippen LogP contribution in [0.3, 0.4) is 0 Å². The van der Waals surface area contributed by atoms with Crippen LogP contribution in [-0.4, -0.2) is 0 Å². The number of rotatable bonds is 2. The second-order valence-corrected chi connectivity index (χ2v) is 4.83. The minimum atomic E-state index is 0.812. The van der Waals surface area contributed by atoms with Crippen molar-refractivity contribution in [1.29, 1.82) is 0 Å². The van der Waals surface area contributed by atoms with E-state index in [2.05, 4.69) is 24.4 Å². The molecule has 0 saturated heterocycles. The summed E-state index contributed by atoms with van der Waals surface area (Å²) in [5.74, 6) is 1.79. The fraction of sp³-hybridized carbons (Fsp3) is 0.636. The first-order valence-electron chi connectivity index (χ1n) is 4.91. The Morgan fingerprint density at radius 1 is 1.42 bits per heavy atom. The molecule has 0 N–H and O–H groups in total. The zero-order valence-corrected chi connectivity index (χ0v) is 8.44. The van der Waals surface area contributed by atoms with E-state index >= 15 is 0 Å². The molecule has 1 heterocycles. The molecule has 1 aliphatic carbocycles. The van der Waals surface area contributed by atoms with Gasteiger partial charge in [-0.15, -0.1) is 11.3 Å². The molecule has 0 radical (unpaired) electrons. The van der Waals surface area contributed by atoms with Gasteiger partial charge in [-0.3, -0.25) is 0 Å². The van der Waals surface area contributed by atoms with Gasteiger partial charge in [-0.25, -0.2) is 0 Å². The van der Waals surface area contributed by atoms with Crippen molar-refractivity contribution in [3.05, 3.63) is 22.4 Å². The molecule has 0 nitrogen and oxygen atoms in total. The molecule has 1 fully saturated rings. The van der Waals surface area contributed by atoms with Gasteiger partial charge in [0.2, 0.25) is 0 Å². The first-order valence-corrected chi connectivity index (χ1v) is 5.79. The Kier molecular flexibility index (Phi) is 2.50. The Labute approximate surface area is 78.6 Å². The normalized spacial score (nSPS) is 21.4. The molecule has 66 valence electrons. The molecule has 1 heteroatoms. The van der Waals surface area contributed by atoms with E-state index in [0.29, 0.717) is 0 Å². The van der Waals surface area contributed by atoms with Crippen LogP contribution >= 0.6 is 11.3 Å². The smallest absolute Gasteiger partial charge is 0.00761 e. The predicted molar refractivity (Wildman–Crippen MR) is 54.7 cm³/mol. The molecule has 1 saturated carbocycles. The molecule has 0 spiro atoms. The van der Waals surface area contributed by atoms with E-state index in [9.17, 15) is 0 Å². The molecule has 1 aromatic heterocycles. The summed E-state index contributed by atoms with van der Waals surface area (Å²) in [5, 5.41) is 2.20. The zero-order chi connectivity index (χ0) is 8.39. The molecule has 12 heavy (non-hydrogen) atoms. The van der Waals surface area contributed by atoms with Crippen molar-refractivity contribution in [2.75, 3.05) is 0 Å². The van der Waals surface area contributed by atoms with Crippen LogP contribution in [0, 0.1) is 5.92 Å². The van der Waals surface area contributed by atoms with E-state index in [1.807, 2.05) is 11.3 Å². The van der Waals surface area contributed by atoms with Crippen LogP contribution in [0.5, 0.6) is 0 Å². The fourth-order valence-corrected chi connectivity index (χ4v) is 3.12. The first-order chi connectivity index (χ1) is 5.88. The van der Waals surface area contributed by atoms with Gasteiger partial charge in [-0.05, 0) is 36.1 Å². The molecular formula is C11H16S. The molecule has 1 unspecified atom stereocenters. The van der Waals surface area contributed by atoms with Crippen LogP contribution in [0.15, 0.2) is 17.5 Å². The van der Waals surface area contributed by atoms with Crippen molar-refractivity contribution in [3.8, 4) is 0 Å². The summed E-state index contributed by atoms with van der Waals surface area (Å²) in [6.45, 7) is 2.39. The minimum Gasteiger partial charge on any atom is -0.149 e. The van der Waals surface area contributed by atoms with Crippen molar-refractivity contribution in [2.24, 2.45) is 5.92 Å². The Hall–Kier alpha value is -0.300. The first kappa shape index (κ1) is 8.31. The summed E-state index contributed by atoms with van der Waals surface area (Å²) in [4.78, 5) is 1.59. The molecule has 0 bridgehead atoms. The molecule has 1 aromatic rings. The largest absolute Gasteiger partial charge is 0.149 e. The average Bonchev–Trinajstić information content (AvgIpc) is 2.77. The Balaban J connectivity index is 2.04. The molecule has 0 aromatic carbocycles. The molecule has 1 atom stereocenters. The van der Waals surface area contributed by atoms with Gasteiger partial charge in [0.1, 0.15) is 0 Å². The van der Waals surface area contributed by atoms with Crippen molar-refractivity contribution >= 4 is 11.3 Å². The van der Waals surface area contributed by atoms with Crippen LogP contribution in [0.2, 0.25) is 0 Å². The van der Waals surface area contributed by atoms with Crippen LogP contribution < -0.4 is 0 Å². The zero-order valence-electron chi connectivity index (χ0n) is 7.62. The standard InChI is InChI=1S/C11H16S/c1-9(10-5-2-3-6-10)11-7-4-8-12-11/h4,7-10H,2-3,5-6H2,1H3. The van der Waals surface area contributed by atoms with E-state index in [4.69, 9.17) is 0 Å². The second-order valence-electron chi connectivity index (χ2n) is 3.85. The lowest BCUT2D eigenvalue weighted by Crippen LogP contribution is -2.03. The lowest BCUT2D eigenvalue weighted by molar-refractivity contribution is 0.466. The quantitative estimate of drug-likeness (QED) is 0.644. The lowest BCUT2D eigenvalue weighted by atomic mass is 9.91. The third kappa shape index (κ3) is 1.56. The molecular weight excluding hydrogens is 164 g/mol. The van der Waals surface area contributed by atoms with E-state index < -0.39 is 0 Å². The molecule has 2 rings (SSSR count). The van der Waals surface area contributed by atoms with E-state index in [0.717, 1.165) is 11.8 Å². The number of hydrogen-bond donors (Lipinski definition) is 0. The summed E-state index contributed by atoms with van der Waals surface area (Å²) in [7, 11) is 0. The summed E-state index contributed by atoms with van der Waals surface area (Å²) in [5.41, 5.74) is 0. The summed E-state index contributed by atoms with van der Waals surface area (Å²) in [6, 6.07) is 4.46. The highest BCUT2D eigenvalue weighted by Gasteiger charge is 2.22. The van der Waals surface area contributed by atoms with Gasteiger partial charge in [0.25, 0.3) is 0 Å². The monoisotopic (exact) mass is 180 g/mol. The van der Waals surface area contributed by atoms with Gasteiger partial charge in [-0.2, -0.15) is 0 Å². The molecule has 1 aliphatic rings. The number of hydrogen-bond acceptors (Lipinski definition) is 1. The maximum atomic E-state index is 2.39. The summed E-state index contributed by atoms with van der Waals surface area (Å²) < 4.78 is 0. The maximum Gasteiger partial charge on any atom is 0.00761 e. The van der Waals surface area contributed by atoms with Crippen LogP contribution in [-0.2, 0) is 0 Å². The van der Waals surface area contributed by atoms with Gasteiger partial charge in [0.15, 0.2) is 0 Å². The van der Waals surface area contributed by atoms with Crippen molar-refractivity contribution in [2.45, 2.75) is 38.5 Å².